The fourth-order valence-corrected chi connectivity index (χ4v) is 2.08. The lowest BCUT2D eigenvalue weighted by molar-refractivity contribution is 0.393. The molecule has 3 rings (SSSR count). The quantitative estimate of drug-likeness (QED) is 0.726. The highest BCUT2D eigenvalue weighted by Crippen LogP contribution is 2.22. The maximum atomic E-state index is 12.4. The van der Waals surface area contributed by atoms with Crippen LogP contribution in [0.25, 0.3) is 16.7 Å². The lowest BCUT2D eigenvalue weighted by Gasteiger charge is -2.13. The number of hydrogen-bond acceptors (Lipinski definition) is 4. The first-order valence-electron chi connectivity index (χ1n) is 6.32. The molecule has 3 heterocycles. The number of fused-ring (bicyclic) bond motifs is 2. The minimum Gasteiger partial charge on any atom is -0.384 e. The molecule has 0 aromatic carbocycles. The van der Waals surface area contributed by atoms with Crippen LogP contribution in [0.1, 0.15) is 39.1 Å². The number of rotatable bonds is 1. The van der Waals surface area contributed by atoms with Crippen LogP contribution in [-0.2, 0) is 11.8 Å². The molecule has 0 aliphatic carbocycles. The summed E-state index contributed by atoms with van der Waals surface area (Å²) in [5, 5.41) is 7.55. The number of aryl methyl sites for hydroxylation is 1. The third-order valence-electron chi connectivity index (χ3n) is 3.20. The summed E-state index contributed by atoms with van der Waals surface area (Å²) in [7, 11) is 0. The number of nitrogens with one attached hydrogen (secondary N) is 1. The van der Waals surface area contributed by atoms with E-state index in [2.05, 4.69) is 36.0 Å². The van der Waals surface area contributed by atoms with Crippen LogP contribution in [0.5, 0.6) is 0 Å². The Balaban J connectivity index is 2.41. The van der Waals surface area contributed by atoms with Gasteiger partial charge in [-0.3, -0.25) is 4.79 Å². The van der Waals surface area contributed by atoms with E-state index in [1.807, 2.05) is 13.0 Å². The summed E-state index contributed by atoms with van der Waals surface area (Å²) in [5.74, 6) is 0.613. The number of hydrogen-bond donors (Lipinski definition) is 1. The van der Waals surface area contributed by atoms with Gasteiger partial charge in [-0.05, 0) is 0 Å². The first-order valence-corrected chi connectivity index (χ1v) is 6.32. The first kappa shape index (κ1) is 12.0. The summed E-state index contributed by atoms with van der Waals surface area (Å²) < 4.78 is 6.61. The zero-order valence-corrected chi connectivity index (χ0v) is 11.4. The Bertz CT molecular complexity index is 817. The smallest absolute Gasteiger partial charge is 0.287 e. The van der Waals surface area contributed by atoms with E-state index in [1.165, 1.54) is 4.52 Å². The highest BCUT2D eigenvalue weighted by molar-refractivity contribution is 5.77. The molecule has 19 heavy (non-hydrogen) atoms. The van der Waals surface area contributed by atoms with Gasteiger partial charge < -0.3 is 4.52 Å². The molecule has 0 bridgehead atoms. The van der Waals surface area contributed by atoms with Gasteiger partial charge in [0.2, 0.25) is 0 Å². The second kappa shape index (κ2) is 3.69. The van der Waals surface area contributed by atoms with Crippen molar-refractivity contribution in [1.29, 1.82) is 0 Å². The molecule has 0 saturated carbocycles. The van der Waals surface area contributed by atoms with E-state index >= 15 is 0 Å². The van der Waals surface area contributed by atoms with Crippen molar-refractivity contribution in [3.8, 4) is 0 Å². The molecule has 0 atom stereocenters. The SMILES string of the molecule is CCc1o[nH]c2nc3cc(C(C)(C)C)nn3c(=O)c12. The molecule has 100 valence electrons. The van der Waals surface area contributed by atoms with E-state index < -0.39 is 0 Å². The summed E-state index contributed by atoms with van der Waals surface area (Å²) >= 11 is 0. The molecule has 3 aromatic rings. The average molecular weight is 260 g/mol. The fourth-order valence-electron chi connectivity index (χ4n) is 2.08. The van der Waals surface area contributed by atoms with Crippen molar-refractivity contribution in [3.63, 3.8) is 0 Å². The Morgan fingerprint density at radius 2 is 2.16 bits per heavy atom. The first-order chi connectivity index (χ1) is 8.91. The van der Waals surface area contributed by atoms with Gasteiger partial charge in [0.25, 0.3) is 5.56 Å². The monoisotopic (exact) mass is 260 g/mol. The van der Waals surface area contributed by atoms with Crippen LogP contribution in [0.2, 0.25) is 0 Å². The van der Waals surface area contributed by atoms with Gasteiger partial charge in [-0.1, -0.05) is 27.7 Å². The maximum Gasteiger partial charge on any atom is 0.287 e. The molecule has 0 fully saturated rings. The third-order valence-corrected chi connectivity index (χ3v) is 3.20. The lowest BCUT2D eigenvalue weighted by atomic mass is 9.93. The number of aromatic amines is 1. The van der Waals surface area contributed by atoms with E-state index in [1.54, 1.807) is 0 Å². The zero-order valence-electron chi connectivity index (χ0n) is 11.4. The van der Waals surface area contributed by atoms with Crippen LogP contribution >= 0.6 is 0 Å². The van der Waals surface area contributed by atoms with Crippen LogP contribution < -0.4 is 5.56 Å². The average Bonchev–Trinajstić information content (AvgIpc) is 2.91. The highest BCUT2D eigenvalue weighted by atomic mass is 16.5. The molecule has 0 radical (unpaired) electrons. The van der Waals surface area contributed by atoms with Crippen molar-refractivity contribution < 1.29 is 4.52 Å². The van der Waals surface area contributed by atoms with Gasteiger partial charge in [-0.15, -0.1) is 0 Å². The Kier molecular flexibility index (Phi) is 2.32. The molecule has 1 N–H and O–H groups in total. The van der Waals surface area contributed by atoms with Crippen LogP contribution in [0, 0.1) is 0 Å². The molecular formula is C13H16N4O2. The Hall–Kier alpha value is -2.11. The second-order valence-corrected chi connectivity index (χ2v) is 5.67. The van der Waals surface area contributed by atoms with E-state index in [4.69, 9.17) is 4.52 Å². The minimum atomic E-state index is -0.183. The van der Waals surface area contributed by atoms with Crippen molar-refractivity contribution in [1.82, 2.24) is 19.8 Å². The van der Waals surface area contributed by atoms with E-state index in [9.17, 15) is 4.79 Å². The molecule has 0 spiro atoms. The molecule has 3 aromatic heterocycles. The number of nitrogens with zero attached hydrogens (tertiary/aromatic N) is 3. The van der Waals surface area contributed by atoms with Crippen molar-refractivity contribution in [2.75, 3.05) is 0 Å². The fraction of sp³-hybridized carbons (Fsp3) is 0.462. The van der Waals surface area contributed by atoms with Crippen LogP contribution in [0.3, 0.4) is 0 Å². The molecular weight excluding hydrogens is 244 g/mol. The standard InChI is InChI=1S/C13H16N4O2/c1-5-7-10-11(16-19-7)14-9-6-8(13(2,3)4)15-17(9)12(10)18/h6H,5H2,1-4H3,(H,14,16). The van der Waals surface area contributed by atoms with E-state index in [0.717, 1.165) is 5.69 Å². The highest BCUT2D eigenvalue weighted by Gasteiger charge is 2.21. The molecule has 0 amide bonds. The van der Waals surface area contributed by atoms with E-state index in [0.29, 0.717) is 28.9 Å². The Morgan fingerprint density at radius 1 is 1.42 bits per heavy atom. The summed E-state index contributed by atoms with van der Waals surface area (Å²) in [6.07, 6.45) is 0.635. The third kappa shape index (κ3) is 1.67. The summed E-state index contributed by atoms with van der Waals surface area (Å²) in [6.45, 7) is 8.09. The predicted molar refractivity (Wildman–Crippen MR) is 71.5 cm³/mol. The van der Waals surface area contributed by atoms with Crippen LogP contribution in [-0.4, -0.2) is 19.8 Å². The van der Waals surface area contributed by atoms with Gasteiger partial charge in [0, 0.05) is 17.9 Å². The van der Waals surface area contributed by atoms with Gasteiger partial charge in [0.15, 0.2) is 11.3 Å². The van der Waals surface area contributed by atoms with Gasteiger partial charge in [0.05, 0.1) is 5.69 Å². The van der Waals surface area contributed by atoms with Gasteiger partial charge in [0.1, 0.15) is 11.1 Å². The molecule has 0 aliphatic heterocycles. The number of aromatic nitrogens is 4. The largest absolute Gasteiger partial charge is 0.384 e. The molecule has 6 nitrogen and oxygen atoms in total. The van der Waals surface area contributed by atoms with Crippen molar-refractivity contribution in [2.24, 2.45) is 0 Å². The molecule has 0 saturated heterocycles. The molecule has 0 unspecified atom stereocenters. The van der Waals surface area contributed by atoms with Crippen molar-refractivity contribution in [2.45, 2.75) is 39.5 Å². The van der Waals surface area contributed by atoms with Gasteiger partial charge in [-0.2, -0.15) is 9.61 Å². The van der Waals surface area contributed by atoms with Crippen LogP contribution in [0.4, 0.5) is 0 Å². The normalized spacial score (nSPS) is 12.6. The molecule has 0 aliphatic rings. The Morgan fingerprint density at radius 3 is 2.79 bits per heavy atom. The summed E-state index contributed by atoms with van der Waals surface area (Å²) in [6, 6.07) is 1.84. The summed E-state index contributed by atoms with van der Waals surface area (Å²) in [4.78, 5) is 16.8. The Labute approximate surface area is 109 Å². The lowest BCUT2D eigenvalue weighted by Crippen LogP contribution is -2.17. The molecule has 6 heteroatoms. The minimum absolute atomic E-state index is 0.119. The van der Waals surface area contributed by atoms with Gasteiger partial charge in [-0.25, -0.2) is 10.1 Å². The topological polar surface area (TPSA) is 76.2 Å². The van der Waals surface area contributed by atoms with Crippen molar-refractivity contribution in [3.05, 3.63) is 27.9 Å². The van der Waals surface area contributed by atoms with E-state index in [-0.39, 0.29) is 11.0 Å². The van der Waals surface area contributed by atoms with Crippen molar-refractivity contribution >= 4 is 16.7 Å². The maximum absolute atomic E-state index is 12.4. The van der Waals surface area contributed by atoms with Crippen LogP contribution in [0.15, 0.2) is 15.4 Å². The zero-order chi connectivity index (χ0) is 13.8. The number of H-pyrrole nitrogens is 1. The summed E-state index contributed by atoms with van der Waals surface area (Å²) in [5.41, 5.74) is 1.57. The predicted octanol–water partition coefficient (Wildman–Crippen LogP) is 2.02. The second-order valence-electron chi connectivity index (χ2n) is 5.67. The van der Waals surface area contributed by atoms with Gasteiger partial charge >= 0.3 is 0 Å².